The van der Waals surface area contributed by atoms with Gasteiger partial charge >= 0.3 is 0 Å². The van der Waals surface area contributed by atoms with Gasteiger partial charge in [0.05, 0.1) is 39.8 Å². The van der Waals surface area contributed by atoms with E-state index < -0.39 is 0 Å². The normalized spacial score (nSPS) is 19.7. The highest BCUT2D eigenvalue weighted by molar-refractivity contribution is 4.68. The van der Waals surface area contributed by atoms with Gasteiger partial charge in [0, 0.05) is 19.6 Å². The number of β-amino-alcohol motifs (C(OH)–C–C–N with tert-alkyl or cyclic N) is 3. The lowest BCUT2D eigenvalue weighted by Gasteiger charge is -2.41. The number of aliphatic hydroxyl groups is 3. The lowest BCUT2D eigenvalue weighted by molar-refractivity contribution is -0.0448. The highest BCUT2D eigenvalue weighted by Gasteiger charge is 2.21. The first kappa shape index (κ1) is 15.8. The molecule has 0 aliphatic carbocycles. The highest BCUT2D eigenvalue weighted by atomic mass is 16.3. The number of hydrogen-bond donors (Lipinski definition) is 3. The van der Waals surface area contributed by atoms with Gasteiger partial charge in [-0.3, -0.25) is 14.7 Å². The minimum atomic E-state index is 0. The molecule has 16 heavy (non-hydrogen) atoms. The van der Waals surface area contributed by atoms with Crippen LogP contribution in [0.4, 0.5) is 0 Å². The minimum absolute atomic E-state index is 0. The zero-order valence-electron chi connectivity index (χ0n) is 9.05. The van der Waals surface area contributed by atoms with Gasteiger partial charge in [-0.25, -0.2) is 0 Å². The van der Waals surface area contributed by atoms with Crippen molar-refractivity contribution in [1.82, 2.24) is 14.7 Å². The van der Waals surface area contributed by atoms with Crippen LogP contribution in [0.5, 0.6) is 0 Å². The van der Waals surface area contributed by atoms with Crippen LogP contribution < -0.4 is 0 Å². The summed E-state index contributed by atoms with van der Waals surface area (Å²) in [5, 5.41) is 26.6. The van der Waals surface area contributed by atoms with E-state index in [0.29, 0.717) is 19.6 Å². The second-order valence-corrected chi connectivity index (χ2v) is 3.78. The first-order valence-electron chi connectivity index (χ1n) is 5.29. The summed E-state index contributed by atoms with van der Waals surface area (Å²) in [5.74, 6) is 0. The van der Waals surface area contributed by atoms with E-state index in [1.807, 2.05) is 0 Å². The van der Waals surface area contributed by atoms with Crippen molar-refractivity contribution in [1.29, 1.82) is 0 Å². The van der Waals surface area contributed by atoms with Crippen molar-refractivity contribution >= 4 is 0 Å². The molecule has 0 aromatic rings. The van der Waals surface area contributed by atoms with Crippen LogP contribution in [0.15, 0.2) is 0 Å². The molecule has 0 saturated carbocycles. The zero-order valence-corrected chi connectivity index (χ0v) is 9.05. The van der Waals surface area contributed by atoms with Crippen molar-refractivity contribution in [2.75, 3.05) is 59.5 Å². The third-order valence-corrected chi connectivity index (χ3v) is 2.45. The Morgan fingerprint density at radius 2 is 0.875 bits per heavy atom. The van der Waals surface area contributed by atoms with Gasteiger partial charge in [0.15, 0.2) is 0 Å². The molecule has 0 radical (unpaired) electrons. The lowest BCUT2D eigenvalue weighted by atomic mass is 10.4. The van der Waals surface area contributed by atoms with E-state index in [4.69, 9.17) is 15.3 Å². The molecule has 0 atom stereocenters. The van der Waals surface area contributed by atoms with Crippen LogP contribution in [0.2, 0.25) is 0 Å². The van der Waals surface area contributed by atoms with Gasteiger partial charge in [-0.15, -0.1) is 0 Å². The molecule has 98 valence electrons. The molecule has 0 bridgehead atoms. The molecule has 0 amide bonds. The van der Waals surface area contributed by atoms with Crippen LogP contribution in [0.1, 0.15) is 7.43 Å². The molecule has 6 heteroatoms. The summed E-state index contributed by atoms with van der Waals surface area (Å²) in [6.45, 7) is 4.60. The smallest absolute Gasteiger partial charge is 0.0559 e. The van der Waals surface area contributed by atoms with Gasteiger partial charge in [0.1, 0.15) is 0 Å². The predicted octanol–water partition coefficient (Wildman–Crippen LogP) is -1.61. The van der Waals surface area contributed by atoms with Gasteiger partial charge in [0.25, 0.3) is 0 Å². The Morgan fingerprint density at radius 3 is 1.06 bits per heavy atom. The average molecular weight is 235 g/mol. The molecule has 1 aliphatic rings. The van der Waals surface area contributed by atoms with Crippen molar-refractivity contribution in [3.05, 3.63) is 0 Å². The van der Waals surface area contributed by atoms with Crippen molar-refractivity contribution in [2.24, 2.45) is 0 Å². The predicted molar refractivity (Wildman–Crippen MR) is 62.7 cm³/mol. The SMILES string of the molecule is C.OCCN1CN(CCO)CN(CCO)C1. The van der Waals surface area contributed by atoms with Gasteiger partial charge in [-0.1, -0.05) is 7.43 Å². The van der Waals surface area contributed by atoms with Crippen molar-refractivity contribution in [3.63, 3.8) is 0 Å². The number of nitrogens with zero attached hydrogens (tertiary/aromatic N) is 3. The Morgan fingerprint density at radius 1 is 0.625 bits per heavy atom. The Bertz CT molecular complexity index is 137. The van der Waals surface area contributed by atoms with Crippen molar-refractivity contribution in [3.8, 4) is 0 Å². The van der Waals surface area contributed by atoms with Crippen LogP contribution in [0.25, 0.3) is 0 Å². The van der Waals surface area contributed by atoms with E-state index in [0.717, 1.165) is 20.0 Å². The van der Waals surface area contributed by atoms with Crippen LogP contribution in [0.3, 0.4) is 0 Å². The summed E-state index contributed by atoms with van der Waals surface area (Å²) < 4.78 is 0. The second kappa shape index (κ2) is 8.86. The molecule has 0 aromatic carbocycles. The number of aliphatic hydroxyl groups excluding tert-OH is 3. The van der Waals surface area contributed by atoms with Crippen LogP contribution in [0, 0.1) is 0 Å². The van der Waals surface area contributed by atoms with Crippen LogP contribution in [-0.4, -0.2) is 89.5 Å². The fraction of sp³-hybridized carbons (Fsp3) is 1.00. The Hall–Kier alpha value is -0.240. The third-order valence-electron chi connectivity index (χ3n) is 2.45. The molecule has 6 nitrogen and oxygen atoms in total. The molecule has 1 fully saturated rings. The fourth-order valence-electron chi connectivity index (χ4n) is 1.83. The molecule has 1 saturated heterocycles. The summed E-state index contributed by atoms with van der Waals surface area (Å²) in [6.07, 6.45) is 0. The molecular weight excluding hydrogens is 210 g/mol. The minimum Gasteiger partial charge on any atom is -0.395 e. The molecule has 0 unspecified atom stereocenters. The summed E-state index contributed by atoms with van der Waals surface area (Å²) in [4.78, 5) is 6.28. The fourth-order valence-corrected chi connectivity index (χ4v) is 1.83. The number of hydrogen-bond acceptors (Lipinski definition) is 6. The first-order chi connectivity index (χ1) is 7.30. The molecular formula is C10H25N3O3. The summed E-state index contributed by atoms with van der Waals surface area (Å²) in [5.41, 5.74) is 0. The van der Waals surface area contributed by atoms with E-state index in [1.165, 1.54) is 0 Å². The van der Waals surface area contributed by atoms with Crippen molar-refractivity contribution in [2.45, 2.75) is 7.43 Å². The second-order valence-electron chi connectivity index (χ2n) is 3.78. The average Bonchev–Trinajstić information content (AvgIpc) is 2.19. The van der Waals surface area contributed by atoms with Gasteiger partial charge in [-0.05, 0) is 0 Å². The molecule has 1 aliphatic heterocycles. The van der Waals surface area contributed by atoms with Crippen molar-refractivity contribution < 1.29 is 15.3 Å². The van der Waals surface area contributed by atoms with Crippen LogP contribution >= 0.6 is 0 Å². The van der Waals surface area contributed by atoms with Crippen LogP contribution in [-0.2, 0) is 0 Å². The molecule has 0 spiro atoms. The molecule has 3 N–H and O–H groups in total. The van der Waals surface area contributed by atoms with E-state index in [9.17, 15) is 0 Å². The quantitative estimate of drug-likeness (QED) is 0.515. The Kier molecular flexibility index (Phi) is 8.73. The van der Waals surface area contributed by atoms with E-state index in [1.54, 1.807) is 0 Å². The summed E-state index contributed by atoms with van der Waals surface area (Å²) in [7, 11) is 0. The highest BCUT2D eigenvalue weighted by Crippen LogP contribution is 2.05. The standard InChI is InChI=1S/C9H21N3O3.CH4/c13-4-1-10-7-11(2-5-14)9-12(8-10)3-6-15;/h13-15H,1-9H2;1H4. The van der Waals surface area contributed by atoms with Gasteiger partial charge < -0.3 is 15.3 Å². The van der Waals surface area contributed by atoms with E-state index in [2.05, 4.69) is 14.7 Å². The maximum Gasteiger partial charge on any atom is 0.0559 e. The third kappa shape index (κ3) is 5.20. The lowest BCUT2D eigenvalue weighted by Crippen LogP contribution is -2.56. The summed E-state index contributed by atoms with van der Waals surface area (Å²) in [6, 6.07) is 0. The Labute approximate surface area is 97.7 Å². The summed E-state index contributed by atoms with van der Waals surface area (Å²) >= 11 is 0. The van der Waals surface area contributed by atoms with E-state index >= 15 is 0 Å². The Balaban J connectivity index is 0.00000225. The zero-order chi connectivity index (χ0) is 11.1. The molecule has 1 heterocycles. The number of rotatable bonds is 6. The first-order valence-corrected chi connectivity index (χ1v) is 5.29. The van der Waals surface area contributed by atoms with Gasteiger partial charge in [-0.2, -0.15) is 0 Å². The maximum atomic E-state index is 8.87. The molecule has 0 aromatic heterocycles. The monoisotopic (exact) mass is 235 g/mol. The maximum absolute atomic E-state index is 8.87. The largest absolute Gasteiger partial charge is 0.395 e. The molecule has 1 rings (SSSR count). The van der Waals surface area contributed by atoms with E-state index in [-0.39, 0.29) is 27.2 Å². The van der Waals surface area contributed by atoms with Gasteiger partial charge in [0.2, 0.25) is 0 Å². The topological polar surface area (TPSA) is 70.4 Å².